The van der Waals surface area contributed by atoms with Gasteiger partial charge in [0.15, 0.2) is 12.4 Å². The average molecular weight is 354 g/mol. The zero-order valence-corrected chi connectivity index (χ0v) is 13.8. The molecule has 114 valence electrons. The number of nitrogens with zero attached hydrogens (tertiary/aromatic N) is 1. The van der Waals surface area contributed by atoms with Gasteiger partial charge in [0.1, 0.15) is 5.75 Å². The Morgan fingerprint density at radius 3 is 2.57 bits per heavy atom. The van der Waals surface area contributed by atoms with Crippen molar-refractivity contribution in [3.63, 3.8) is 0 Å². The summed E-state index contributed by atoms with van der Waals surface area (Å²) in [5.74, 6) is 0.445. The van der Waals surface area contributed by atoms with Gasteiger partial charge in [0.2, 0.25) is 0 Å². The predicted molar refractivity (Wildman–Crippen MR) is 84.7 cm³/mol. The van der Waals surface area contributed by atoms with E-state index in [4.69, 9.17) is 4.74 Å². The van der Waals surface area contributed by atoms with Crippen molar-refractivity contribution in [2.24, 2.45) is 0 Å². The van der Waals surface area contributed by atoms with Gasteiger partial charge in [-0.3, -0.25) is 9.59 Å². The maximum absolute atomic E-state index is 12.4. The molecule has 1 aromatic carbocycles. The molecule has 1 saturated heterocycles. The van der Waals surface area contributed by atoms with Crippen LogP contribution < -0.4 is 4.74 Å². The molecule has 1 aliphatic rings. The largest absolute Gasteiger partial charge is 0.480 e. The number of carbonyl (C=O) groups excluding carboxylic acids is 2. The number of hydrogen-bond donors (Lipinski definition) is 0. The molecule has 1 unspecified atom stereocenters. The number of hydrogen-bond acceptors (Lipinski definition) is 3. The number of ether oxygens (including phenoxy) is 1. The molecule has 1 atom stereocenters. The summed E-state index contributed by atoms with van der Waals surface area (Å²) in [6.45, 7) is 3.34. The summed E-state index contributed by atoms with van der Waals surface area (Å²) in [6, 6.07) is 5.19. The molecule has 2 rings (SSSR count). The molecule has 1 aliphatic heterocycles. The van der Waals surface area contributed by atoms with Gasteiger partial charge in [0.25, 0.3) is 5.91 Å². The van der Waals surface area contributed by atoms with E-state index in [-0.39, 0.29) is 5.91 Å². The molecule has 0 spiro atoms. The number of amides is 1. The van der Waals surface area contributed by atoms with Crippen LogP contribution in [0.5, 0.6) is 5.75 Å². The van der Waals surface area contributed by atoms with Crippen LogP contribution in [-0.2, 0) is 4.79 Å². The topological polar surface area (TPSA) is 46.6 Å². The number of rotatable bonds is 4. The lowest BCUT2D eigenvalue weighted by Crippen LogP contribution is -2.41. The van der Waals surface area contributed by atoms with E-state index in [9.17, 15) is 9.59 Å². The minimum absolute atomic E-state index is 0.00309. The predicted octanol–water partition coefficient (Wildman–Crippen LogP) is 3.43. The summed E-state index contributed by atoms with van der Waals surface area (Å²) in [5, 5.41) is 0. The number of halogens is 1. The van der Waals surface area contributed by atoms with Crippen molar-refractivity contribution in [2.75, 3.05) is 13.1 Å². The molecule has 0 N–H and O–H groups in total. The molecule has 1 aromatic rings. The monoisotopic (exact) mass is 353 g/mol. The zero-order chi connectivity index (χ0) is 15.2. The van der Waals surface area contributed by atoms with E-state index < -0.39 is 6.10 Å². The summed E-state index contributed by atoms with van der Waals surface area (Å²) < 4.78 is 6.51. The molecule has 1 fully saturated rings. The highest BCUT2D eigenvalue weighted by atomic mass is 79.9. The minimum Gasteiger partial charge on any atom is -0.480 e. The third-order valence-corrected chi connectivity index (χ3v) is 4.16. The first kappa shape index (κ1) is 16.0. The minimum atomic E-state index is -0.581. The Kier molecular flexibility index (Phi) is 5.79. The van der Waals surface area contributed by atoms with Crippen LogP contribution in [0.15, 0.2) is 22.7 Å². The van der Waals surface area contributed by atoms with Gasteiger partial charge in [0, 0.05) is 17.6 Å². The molecule has 21 heavy (non-hydrogen) atoms. The second kappa shape index (κ2) is 7.59. The summed E-state index contributed by atoms with van der Waals surface area (Å²) in [7, 11) is 0. The van der Waals surface area contributed by atoms with Crippen LogP contribution in [0.3, 0.4) is 0 Å². The van der Waals surface area contributed by atoms with E-state index in [2.05, 4.69) is 15.9 Å². The molecule has 1 heterocycles. The molecule has 5 heteroatoms. The van der Waals surface area contributed by atoms with Crippen LogP contribution in [0.4, 0.5) is 0 Å². The Bertz CT molecular complexity index is 510. The Morgan fingerprint density at radius 2 is 1.95 bits per heavy atom. The molecule has 0 aromatic heterocycles. The average Bonchev–Trinajstić information content (AvgIpc) is 2.77. The molecular weight excluding hydrogens is 334 g/mol. The Balaban J connectivity index is 2.04. The molecule has 0 bridgehead atoms. The lowest BCUT2D eigenvalue weighted by atomic mass is 10.2. The molecule has 4 nitrogen and oxygen atoms in total. The summed E-state index contributed by atoms with van der Waals surface area (Å²) in [4.78, 5) is 25.4. The fourth-order valence-corrected chi connectivity index (χ4v) is 2.89. The van der Waals surface area contributed by atoms with E-state index in [1.807, 2.05) is 4.90 Å². The maximum atomic E-state index is 12.4. The summed E-state index contributed by atoms with van der Waals surface area (Å²) in [6.07, 6.45) is 4.63. The van der Waals surface area contributed by atoms with Gasteiger partial charge in [-0.2, -0.15) is 0 Å². The van der Waals surface area contributed by atoms with Crippen molar-refractivity contribution in [1.82, 2.24) is 4.90 Å². The first-order valence-corrected chi connectivity index (χ1v) is 8.11. The van der Waals surface area contributed by atoms with E-state index in [1.165, 1.54) is 12.8 Å². The van der Waals surface area contributed by atoms with Gasteiger partial charge < -0.3 is 9.64 Å². The summed E-state index contributed by atoms with van der Waals surface area (Å²) in [5.41, 5.74) is 0.444. The van der Waals surface area contributed by atoms with E-state index >= 15 is 0 Å². The molecular formula is C16H20BrNO3. The zero-order valence-electron chi connectivity index (χ0n) is 12.2. The lowest BCUT2D eigenvalue weighted by molar-refractivity contribution is -0.137. The summed E-state index contributed by atoms with van der Waals surface area (Å²) >= 11 is 3.31. The number of benzene rings is 1. The van der Waals surface area contributed by atoms with Crippen molar-refractivity contribution < 1.29 is 14.3 Å². The number of carbonyl (C=O) groups is 2. The standard InChI is InChI=1S/C16H20BrNO3/c1-12(16(20)18-8-4-2-3-5-9-18)21-15-7-6-14(17)10-13(15)11-19/h6-7,10-12H,2-5,8-9H2,1H3. The second-order valence-electron chi connectivity index (χ2n) is 5.30. The van der Waals surface area contributed by atoms with Gasteiger partial charge in [-0.15, -0.1) is 0 Å². The fourth-order valence-electron chi connectivity index (χ4n) is 2.51. The van der Waals surface area contributed by atoms with Crippen molar-refractivity contribution in [3.05, 3.63) is 28.2 Å². The van der Waals surface area contributed by atoms with Gasteiger partial charge in [-0.05, 0) is 38.0 Å². The van der Waals surface area contributed by atoms with Crippen molar-refractivity contribution >= 4 is 28.1 Å². The third kappa shape index (κ3) is 4.30. The lowest BCUT2D eigenvalue weighted by Gasteiger charge is -2.24. The van der Waals surface area contributed by atoms with E-state index in [1.54, 1.807) is 25.1 Å². The van der Waals surface area contributed by atoms with Gasteiger partial charge in [-0.25, -0.2) is 0 Å². The Hall–Kier alpha value is -1.36. The van der Waals surface area contributed by atoms with E-state index in [0.29, 0.717) is 11.3 Å². The normalized spacial score (nSPS) is 17.0. The van der Waals surface area contributed by atoms with Crippen molar-refractivity contribution in [2.45, 2.75) is 38.7 Å². The highest BCUT2D eigenvalue weighted by Gasteiger charge is 2.23. The Labute approximate surface area is 133 Å². The molecule has 0 saturated carbocycles. The van der Waals surface area contributed by atoms with Gasteiger partial charge in [-0.1, -0.05) is 28.8 Å². The van der Waals surface area contributed by atoms with Crippen LogP contribution in [-0.4, -0.2) is 36.3 Å². The second-order valence-corrected chi connectivity index (χ2v) is 6.22. The highest BCUT2D eigenvalue weighted by molar-refractivity contribution is 9.10. The fraction of sp³-hybridized carbons (Fsp3) is 0.500. The molecule has 0 aliphatic carbocycles. The van der Waals surface area contributed by atoms with Gasteiger partial charge in [0.05, 0.1) is 5.56 Å². The van der Waals surface area contributed by atoms with Crippen molar-refractivity contribution in [3.8, 4) is 5.75 Å². The smallest absolute Gasteiger partial charge is 0.263 e. The van der Waals surface area contributed by atoms with Crippen LogP contribution in [0, 0.1) is 0 Å². The number of likely N-dealkylation sites (tertiary alicyclic amines) is 1. The van der Waals surface area contributed by atoms with E-state index in [0.717, 1.165) is 36.7 Å². The number of aldehydes is 1. The first-order chi connectivity index (χ1) is 10.1. The van der Waals surface area contributed by atoms with Crippen LogP contribution in [0.25, 0.3) is 0 Å². The van der Waals surface area contributed by atoms with Crippen molar-refractivity contribution in [1.29, 1.82) is 0 Å². The first-order valence-electron chi connectivity index (χ1n) is 7.32. The Morgan fingerprint density at radius 1 is 1.29 bits per heavy atom. The molecule has 0 radical (unpaired) electrons. The van der Waals surface area contributed by atoms with Gasteiger partial charge >= 0.3 is 0 Å². The highest BCUT2D eigenvalue weighted by Crippen LogP contribution is 2.23. The quantitative estimate of drug-likeness (QED) is 0.779. The maximum Gasteiger partial charge on any atom is 0.263 e. The SMILES string of the molecule is CC(Oc1ccc(Br)cc1C=O)C(=O)N1CCCCCC1. The molecule has 1 amide bonds. The van der Waals surface area contributed by atoms with Crippen LogP contribution in [0.2, 0.25) is 0 Å². The van der Waals surface area contributed by atoms with Crippen LogP contribution >= 0.6 is 15.9 Å². The third-order valence-electron chi connectivity index (χ3n) is 3.67. The van der Waals surface area contributed by atoms with Crippen LogP contribution in [0.1, 0.15) is 43.0 Å².